The van der Waals surface area contributed by atoms with E-state index in [1.54, 1.807) is 4.90 Å². The molecule has 3 aliphatic rings. The van der Waals surface area contributed by atoms with E-state index < -0.39 is 17.6 Å². The highest BCUT2D eigenvalue weighted by molar-refractivity contribution is 6.08. The molecule has 0 spiro atoms. The lowest BCUT2D eigenvalue weighted by Crippen LogP contribution is -2.55. The van der Waals surface area contributed by atoms with Crippen molar-refractivity contribution in [1.29, 1.82) is 0 Å². The van der Waals surface area contributed by atoms with Gasteiger partial charge in [0.25, 0.3) is 0 Å². The zero-order valence-electron chi connectivity index (χ0n) is 24.7. The summed E-state index contributed by atoms with van der Waals surface area (Å²) in [5, 5.41) is 12.3. The van der Waals surface area contributed by atoms with Gasteiger partial charge in [-0.2, -0.15) is 0 Å². The summed E-state index contributed by atoms with van der Waals surface area (Å²) in [4.78, 5) is 58.5. The highest BCUT2D eigenvalue weighted by Crippen LogP contribution is 2.43. The normalized spacial score (nSPS) is 20.8. The van der Waals surface area contributed by atoms with Crippen LogP contribution in [0.25, 0.3) is 0 Å². The number of hydrogen-bond donors (Lipinski definition) is 2. The highest BCUT2D eigenvalue weighted by Gasteiger charge is 2.47. The summed E-state index contributed by atoms with van der Waals surface area (Å²) >= 11 is 0. The zero-order chi connectivity index (χ0) is 30.0. The Morgan fingerprint density at radius 1 is 0.976 bits per heavy atom. The van der Waals surface area contributed by atoms with E-state index in [9.17, 15) is 24.3 Å². The van der Waals surface area contributed by atoms with Crippen LogP contribution in [-0.2, 0) is 21.4 Å². The Balaban J connectivity index is 1.25. The Labute approximate surface area is 247 Å². The first-order chi connectivity index (χ1) is 20.1. The second-order valence-corrected chi connectivity index (χ2v) is 12.2. The summed E-state index contributed by atoms with van der Waals surface area (Å²) in [5.41, 5.74) is 2.50. The van der Waals surface area contributed by atoms with Crippen molar-refractivity contribution < 1.29 is 24.3 Å². The number of likely N-dealkylation sites (tertiary alicyclic amines) is 2. The Bertz CT molecular complexity index is 1320. The van der Waals surface area contributed by atoms with Gasteiger partial charge in [-0.1, -0.05) is 48.5 Å². The van der Waals surface area contributed by atoms with Gasteiger partial charge in [0, 0.05) is 45.0 Å². The predicted molar refractivity (Wildman–Crippen MR) is 159 cm³/mol. The monoisotopic (exact) mass is 575 g/mol. The van der Waals surface area contributed by atoms with Crippen molar-refractivity contribution in [3.8, 4) is 0 Å². The average molecular weight is 576 g/mol. The van der Waals surface area contributed by atoms with Gasteiger partial charge in [-0.05, 0) is 63.1 Å². The Hall–Kier alpha value is -4.08. The molecule has 0 radical (unpaired) electrons. The number of piperidine rings is 1. The number of amides is 5. The number of hydrogen-bond acceptors (Lipinski definition) is 4. The maximum absolute atomic E-state index is 13.9. The van der Waals surface area contributed by atoms with Crippen LogP contribution in [0.15, 0.2) is 54.6 Å². The molecule has 5 rings (SSSR count). The van der Waals surface area contributed by atoms with Gasteiger partial charge in [0.15, 0.2) is 0 Å². The lowest BCUT2D eigenvalue weighted by Gasteiger charge is -2.39. The van der Waals surface area contributed by atoms with Crippen molar-refractivity contribution in [1.82, 2.24) is 20.0 Å². The summed E-state index contributed by atoms with van der Waals surface area (Å²) < 4.78 is 0. The minimum Gasteiger partial charge on any atom is -0.465 e. The third-order valence-corrected chi connectivity index (χ3v) is 9.19. The molecule has 0 saturated carbocycles. The first-order valence-corrected chi connectivity index (χ1v) is 14.8. The molecule has 0 unspecified atom stereocenters. The van der Waals surface area contributed by atoms with E-state index in [1.807, 2.05) is 78.2 Å². The number of aryl methyl sites for hydroxylation is 1. The van der Waals surface area contributed by atoms with E-state index in [-0.39, 0.29) is 29.9 Å². The molecule has 0 bridgehead atoms. The molecule has 2 aromatic carbocycles. The molecular formula is C32H41N5O5. The molecule has 2 N–H and O–H groups in total. The summed E-state index contributed by atoms with van der Waals surface area (Å²) in [6.45, 7) is 5.66. The van der Waals surface area contributed by atoms with Crippen molar-refractivity contribution in [3.63, 3.8) is 0 Å². The number of para-hydroxylation sites is 1. The van der Waals surface area contributed by atoms with Gasteiger partial charge in [0.2, 0.25) is 11.8 Å². The second kappa shape index (κ2) is 12.0. The van der Waals surface area contributed by atoms with Crippen LogP contribution in [0.3, 0.4) is 0 Å². The number of carbonyl (C=O) groups is 4. The largest absolute Gasteiger partial charge is 0.465 e. The molecule has 3 aliphatic heterocycles. The number of likely N-dealkylation sites (N-methyl/N-ethyl adjacent to an activating group) is 1. The summed E-state index contributed by atoms with van der Waals surface area (Å²) in [6, 6.07) is 16.5. The molecular weight excluding hydrogens is 534 g/mol. The van der Waals surface area contributed by atoms with Crippen molar-refractivity contribution in [3.05, 3.63) is 65.7 Å². The molecule has 2 atom stereocenters. The molecule has 3 heterocycles. The summed E-state index contributed by atoms with van der Waals surface area (Å²) in [6.07, 6.45) is 1.94. The summed E-state index contributed by atoms with van der Waals surface area (Å²) in [5.74, 6) is -0.0245. The van der Waals surface area contributed by atoms with Crippen molar-refractivity contribution >= 4 is 29.6 Å². The Morgan fingerprint density at radius 3 is 2.31 bits per heavy atom. The standard InChI is InChI=1S/C32H41N5O5/c1-32(2)25-11-7-8-12-27(25)37(29(32)39)23-15-18-35(19-16-23)28(38)26(14-13-22-9-5-4-6-10-22)33-30(40)36-20-17-24(21-36)34(3)31(41)42/h4-12,23-24,26H,13-21H2,1-3H3,(H,33,40)(H,41,42)/t24-,26-/m0/s1. The van der Waals surface area contributed by atoms with Crippen molar-refractivity contribution in [2.24, 2.45) is 0 Å². The van der Waals surface area contributed by atoms with Crippen molar-refractivity contribution in [2.45, 2.75) is 69.5 Å². The molecule has 10 nitrogen and oxygen atoms in total. The maximum Gasteiger partial charge on any atom is 0.407 e. The van der Waals surface area contributed by atoms with Crippen LogP contribution in [0.5, 0.6) is 0 Å². The van der Waals surface area contributed by atoms with Crippen LogP contribution < -0.4 is 10.2 Å². The highest BCUT2D eigenvalue weighted by atomic mass is 16.4. The van der Waals surface area contributed by atoms with Gasteiger partial charge in [0.05, 0.1) is 11.5 Å². The molecule has 0 aromatic heterocycles. The van der Waals surface area contributed by atoms with E-state index in [4.69, 9.17) is 0 Å². The molecule has 10 heteroatoms. The van der Waals surface area contributed by atoms with Crippen LogP contribution >= 0.6 is 0 Å². The molecule has 42 heavy (non-hydrogen) atoms. The topological polar surface area (TPSA) is 114 Å². The number of rotatable bonds is 7. The first kappa shape index (κ1) is 29.4. The number of anilines is 1. The molecule has 224 valence electrons. The van der Waals surface area contributed by atoms with Gasteiger partial charge in [0.1, 0.15) is 6.04 Å². The number of urea groups is 1. The fourth-order valence-electron chi connectivity index (χ4n) is 6.52. The minimum absolute atomic E-state index is 0.00888. The Kier molecular flexibility index (Phi) is 8.43. The number of fused-ring (bicyclic) bond motifs is 1. The average Bonchev–Trinajstić information content (AvgIpc) is 3.57. The lowest BCUT2D eigenvalue weighted by atomic mass is 9.86. The Morgan fingerprint density at radius 2 is 1.62 bits per heavy atom. The van der Waals surface area contributed by atoms with Crippen LogP contribution in [0, 0.1) is 0 Å². The van der Waals surface area contributed by atoms with Crippen molar-refractivity contribution in [2.75, 3.05) is 38.1 Å². The molecule has 0 aliphatic carbocycles. The maximum atomic E-state index is 13.9. The van der Waals surface area contributed by atoms with E-state index in [0.29, 0.717) is 58.3 Å². The summed E-state index contributed by atoms with van der Waals surface area (Å²) in [7, 11) is 1.51. The van der Waals surface area contributed by atoms with E-state index in [1.165, 1.54) is 11.9 Å². The number of carbonyl (C=O) groups excluding carboxylic acids is 3. The number of benzene rings is 2. The fraction of sp³-hybridized carbons (Fsp3) is 0.500. The molecule has 2 aromatic rings. The van der Waals surface area contributed by atoms with Gasteiger partial charge in [-0.3, -0.25) is 9.59 Å². The van der Waals surface area contributed by atoms with Gasteiger partial charge < -0.3 is 30.0 Å². The molecule has 2 fully saturated rings. The predicted octanol–water partition coefficient (Wildman–Crippen LogP) is 3.70. The third kappa shape index (κ3) is 5.80. The molecule has 5 amide bonds. The van der Waals surface area contributed by atoms with Gasteiger partial charge in [-0.15, -0.1) is 0 Å². The van der Waals surface area contributed by atoms with E-state index in [2.05, 4.69) is 5.32 Å². The quantitative estimate of drug-likeness (QED) is 0.523. The van der Waals surface area contributed by atoms with Crippen LogP contribution in [0.4, 0.5) is 15.3 Å². The zero-order valence-corrected chi connectivity index (χ0v) is 24.7. The van der Waals surface area contributed by atoms with E-state index in [0.717, 1.165) is 16.8 Å². The van der Waals surface area contributed by atoms with E-state index >= 15 is 0 Å². The van der Waals surface area contributed by atoms with Gasteiger partial charge >= 0.3 is 12.1 Å². The fourth-order valence-corrected chi connectivity index (χ4v) is 6.52. The smallest absolute Gasteiger partial charge is 0.407 e. The first-order valence-electron chi connectivity index (χ1n) is 14.8. The van der Waals surface area contributed by atoms with Crippen LogP contribution in [-0.4, -0.2) is 95.1 Å². The number of nitrogens with zero attached hydrogens (tertiary/aromatic N) is 4. The minimum atomic E-state index is -1.02. The van der Waals surface area contributed by atoms with Gasteiger partial charge in [-0.25, -0.2) is 9.59 Å². The second-order valence-electron chi connectivity index (χ2n) is 12.2. The number of nitrogens with one attached hydrogen (secondary N) is 1. The molecule has 2 saturated heterocycles. The SMILES string of the molecule is CN(C(=O)O)[C@H]1CCN(C(=O)N[C@@H](CCc2ccccc2)C(=O)N2CCC(N3C(=O)C(C)(C)c4ccccc43)CC2)C1. The van der Waals surface area contributed by atoms with Crippen LogP contribution in [0.1, 0.15) is 50.7 Å². The lowest BCUT2D eigenvalue weighted by molar-refractivity contribution is -0.134. The van der Waals surface area contributed by atoms with Crippen LogP contribution in [0.2, 0.25) is 0 Å². The third-order valence-electron chi connectivity index (χ3n) is 9.19. The number of carboxylic acid groups (broad SMARTS) is 1.